The standard InChI is InChI=1S/C16H25N3O/c1-13-6-7-15(17)14(12-13)16(20)18-8-11-19-9-4-2-3-5-10-19/h6-7,12H,2-5,8-11,17H2,1H3,(H,18,20). The third-order valence-electron chi connectivity index (χ3n) is 3.87. The Bertz CT molecular complexity index is 451. The molecule has 0 spiro atoms. The average molecular weight is 275 g/mol. The lowest BCUT2D eigenvalue weighted by atomic mass is 10.1. The number of hydrogen-bond acceptors (Lipinski definition) is 3. The van der Waals surface area contributed by atoms with Crippen LogP contribution in [-0.2, 0) is 0 Å². The van der Waals surface area contributed by atoms with Gasteiger partial charge >= 0.3 is 0 Å². The van der Waals surface area contributed by atoms with Gasteiger partial charge in [0.25, 0.3) is 5.91 Å². The van der Waals surface area contributed by atoms with Gasteiger partial charge in [-0.3, -0.25) is 4.79 Å². The van der Waals surface area contributed by atoms with Gasteiger partial charge in [0.15, 0.2) is 0 Å². The van der Waals surface area contributed by atoms with Crippen molar-refractivity contribution < 1.29 is 4.79 Å². The van der Waals surface area contributed by atoms with E-state index in [4.69, 9.17) is 5.73 Å². The maximum absolute atomic E-state index is 12.1. The van der Waals surface area contributed by atoms with Gasteiger partial charge in [0.1, 0.15) is 0 Å². The fraction of sp³-hybridized carbons (Fsp3) is 0.562. The molecule has 0 unspecified atom stereocenters. The Morgan fingerprint density at radius 3 is 2.65 bits per heavy atom. The second kappa shape index (κ2) is 7.29. The first-order chi connectivity index (χ1) is 9.66. The molecular weight excluding hydrogens is 250 g/mol. The van der Waals surface area contributed by atoms with Crippen molar-refractivity contribution in [2.45, 2.75) is 32.6 Å². The number of nitrogens with one attached hydrogen (secondary N) is 1. The molecular formula is C16H25N3O. The number of benzene rings is 1. The number of likely N-dealkylation sites (tertiary alicyclic amines) is 1. The van der Waals surface area contributed by atoms with Crippen molar-refractivity contribution in [1.82, 2.24) is 10.2 Å². The molecule has 20 heavy (non-hydrogen) atoms. The molecule has 1 saturated heterocycles. The summed E-state index contributed by atoms with van der Waals surface area (Å²) < 4.78 is 0. The van der Waals surface area contributed by atoms with Crippen LogP contribution in [0.25, 0.3) is 0 Å². The van der Waals surface area contributed by atoms with Gasteiger partial charge in [-0.1, -0.05) is 24.5 Å². The van der Waals surface area contributed by atoms with Crippen molar-refractivity contribution in [2.75, 3.05) is 31.9 Å². The summed E-state index contributed by atoms with van der Waals surface area (Å²) in [6, 6.07) is 5.55. The molecule has 3 N–H and O–H groups in total. The van der Waals surface area contributed by atoms with E-state index in [0.717, 1.165) is 25.2 Å². The van der Waals surface area contributed by atoms with Gasteiger partial charge in [0.2, 0.25) is 0 Å². The number of nitrogen functional groups attached to an aromatic ring is 1. The summed E-state index contributed by atoms with van der Waals surface area (Å²) in [5.41, 5.74) is 8.04. The highest BCUT2D eigenvalue weighted by Gasteiger charge is 2.11. The number of nitrogens with zero attached hydrogens (tertiary/aromatic N) is 1. The SMILES string of the molecule is Cc1ccc(N)c(C(=O)NCCN2CCCCCC2)c1. The molecule has 4 nitrogen and oxygen atoms in total. The van der Waals surface area contributed by atoms with E-state index in [1.807, 2.05) is 19.1 Å². The zero-order valence-electron chi connectivity index (χ0n) is 12.3. The second-order valence-corrected chi connectivity index (χ2v) is 5.60. The molecule has 0 atom stereocenters. The van der Waals surface area contributed by atoms with Crippen molar-refractivity contribution in [3.05, 3.63) is 29.3 Å². The van der Waals surface area contributed by atoms with Crippen LogP contribution < -0.4 is 11.1 Å². The van der Waals surface area contributed by atoms with Crippen LogP contribution in [0.3, 0.4) is 0 Å². The minimum atomic E-state index is -0.0685. The van der Waals surface area contributed by atoms with Crippen LogP contribution in [0.4, 0.5) is 5.69 Å². The summed E-state index contributed by atoms with van der Waals surface area (Å²) >= 11 is 0. The number of rotatable bonds is 4. The summed E-state index contributed by atoms with van der Waals surface area (Å²) in [5, 5.41) is 2.97. The Hall–Kier alpha value is -1.55. The molecule has 1 aromatic carbocycles. The van der Waals surface area contributed by atoms with Gasteiger partial charge in [-0.2, -0.15) is 0 Å². The van der Waals surface area contributed by atoms with Crippen molar-refractivity contribution in [2.24, 2.45) is 0 Å². The second-order valence-electron chi connectivity index (χ2n) is 5.60. The highest BCUT2D eigenvalue weighted by Crippen LogP contribution is 2.13. The van der Waals surface area contributed by atoms with Gasteiger partial charge < -0.3 is 16.0 Å². The van der Waals surface area contributed by atoms with Gasteiger partial charge in [0, 0.05) is 18.8 Å². The molecule has 0 radical (unpaired) electrons. The predicted molar refractivity (Wildman–Crippen MR) is 82.8 cm³/mol. The van der Waals surface area contributed by atoms with Gasteiger partial charge in [-0.25, -0.2) is 0 Å². The molecule has 1 aromatic rings. The number of aryl methyl sites for hydroxylation is 1. The fourth-order valence-corrected chi connectivity index (χ4v) is 2.65. The molecule has 2 rings (SSSR count). The lowest BCUT2D eigenvalue weighted by molar-refractivity contribution is 0.0949. The number of anilines is 1. The predicted octanol–water partition coefficient (Wildman–Crippen LogP) is 2.18. The monoisotopic (exact) mass is 275 g/mol. The summed E-state index contributed by atoms with van der Waals surface area (Å²) in [7, 11) is 0. The Kier molecular flexibility index (Phi) is 5.41. The molecule has 1 heterocycles. The normalized spacial score (nSPS) is 16.6. The van der Waals surface area contributed by atoms with E-state index in [9.17, 15) is 4.79 Å². The molecule has 4 heteroatoms. The van der Waals surface area contributed by atoms with Crippen molar-refractivity contribution in [3.8, 4) is 0 Å². The van der Waals surface area contributed by atoms with Crippen molar-refractivity contribution in [1.29, 1.82) is 0 Å². The number of carbonyl (C=O) groups is 1. The van der Waals surface area contributed by atoms with E-state index < -0.39 is 0 Å². The molecule has 0 saturated carbocycles. The zero-order chi connectivity index (χ0) is 14.4. The topological polar surface area (TPSA) is 58.4 Å². The van der Waals surface area contributed by atoms with Crippen LogP contribution in [0.2, 0.25) is 0 Å². The Morgan fingerprint density at radius 1 is 1.25 bits per heavy atom. The number of hydrogen-bond donors (Lipinski definition) is 2. The smallest absolute Gasteiger partial charge is 0.253 e. The van der Waals surface area contributed by atoms with E-state index >= 15 is 0 Å². The van der Waals surface area contributed by atoms with Crippen LogP contribution in [0.1, 0.15) is 41.6 Å². The largest absolute Gasteiger partial charge is 0.398 e. The highest BCUT2D eigenvalue weighted by atomic mass is 16.1. The van der Waals surface area contributed by atoms with Crippen LogP contribution in [0.5, 0.6) is 0 Å². The van der Waals surface area contributed by atoms with E-state index in [0.29, 0.717) is 17.8 Å². The first-order valence-electron chi connectivity index (χ1n) is 7.53. The molecule has 1 fully saturated rings. The van der Waals surface area contributed by atoms with E-state index in [1.54, 1.807) is 6.07 Å². The molecule has 0 aromatic heterocycles. The third-order valence-corrected chi connectivity index (χ3v) is 3.87. The lowest BCUT2D eigenvalue weighted by Crippen LogP contribution is -2.35. The molecule has 0 aliphatic carbocycles. The molecule has 1 aliphatic heterocycles. The lowest BCUT2D eigenvalue weighted by Gasteiger charge is -2.19. The van der Waals surface area contributed by atoms with Crippen LogP contribution >= 0.6 is 0 Å². The van der Waals surface area contributed by atoms with Gasteiger partial charge in [-0.05, 0) is 45.0 Å². The van der Waals surface area contributed by atoms with Crippen LogP contribution in [0, 0.1) is 6.92 Å². The maximum atomic E-state index is 12.1. The first kappa shape index (κ1) is 14.9. The highest BCUT2D eigenvalue weighted by molar-refractivity contribution is 5.99. The average Bonchev–Trinajstić information content (AvgIpc) is 2.70. The third kappa shape index (κ3) is 4.23. The first-order valence-corrected chi connectivity index (χ1v) is 7.53. The van der Waals surface area contributed by atoms with Gasteiger partial charge in [-0.15, -0.1) is 0 Å². The fourth-order valence-electron chi connectivity index (χ4n) is 2.65. The molecule has 1 amide bonds. The van der Waals surface area contributed by atoms with E-state index in [1.165, 1.54) is 25.7 Å². The summed E-state index contributed by atoms with van der Waals surface area (Å²) in [4.78, 5) is 14.6. The summed E-state index contributed by atoms with van der Waals surface area (Å²) in [6.07, 6.45) is 5.23. The minimum absolute atomic E-state index is 0.0685. The van der Waals surface area contributed by atoms with Crippen molar-refractivity contribution >= 4 is 11.6 Å². The number of carbonyl (C=O) groups excluding carboxylic acids is 1. The maximum Gasteiger partial charge on any atom is 0.253 e. The summed E-state index contributed by atoms with van der Waals surface area (Å²) in [6.45, 7) is 5.89. The van der Waals surface area contributed by atoms with Gasteiger partial charge in [0.05, 0.1) is 5.56 Å². The minimum Gasteiger partial charge on any atom is -0.398 e. The Balaban J connectivity index is 1.81. The Morgan fingerprint density at radius 2 is 1.95 bits per heavy atom. The molecule has 1 aliphatic rings. The number of nitrogens with two attached hydrogens (primary N) is 1. The quantitative estimate of drug-likeness (QED) is 0.828. The van der Waals surface area contributed by atoms with Crippen LogP contribution in [-0.4, -0.2) is 37.0 Å². The van der Waals surface area contributed by atoms with E-state index in [2.05, 4.69) is 10.2 Å². The van der Waals surface area contributed by atoms with E-state index in [-0.39, 0.29) is 5.91 Å². The zero-order valence-corrected chi connectivity index (χ0v) is 12.3. The number of amides is 1. The molecule has 0 bridgehead atoms. The Labute approximate surface area is 121 Å². The summed E-state index contributed by atoms with van der Waals surface area (Å²) in [5.74, 6) is -0.0685. The van der Waals surface area contributed by atoms with Crippen LogP contribution in [0.15, 0.2) is 18.2 Å². The van der Waals surface area contributed by atoms with Crippen molar-refractivity contribution in [3.63, 3.8) is 0 Å². The molecule has 110 valence electrons.